The van der Waals surface area contributed by atoms with Crippen molar-refractivity contribution in [2.24, 2.45) is 0 Å². The maximum absolute atomic E-state index is 14.4. The van der Waals surface area contributed by atoms with Crippen LogP contribution in [0.4, 0.5) is 13.9 Å². The summed E-state index contributed by atoms with van der Waals surface area (Å²) in [5.41, 5.74) is 1.69. The van der Waals surface area contributed by atoms with Gasteiger partial charge in [-0.05, 0) is 43.5 Å². The van der Waals surface area contributed by atoms with Crippen molar-refractivity contribution in [3.05, 3.63) is 89.5 Å². The highest BCUT2D eigenvalue weighted by molar-refractivity contribution is 7.89. The van der Waals surface area contributed by atoms with Crippen molar-refractivity contribution in [3.8, 4) is 0 Å². The Balaban J connectivity index is 1.54. The van der Waals surface area contributed by atoms with Gasteiger partial charge in [-0.3, -0.25) is 9.69 Å². The van der Waals surface area contributed by atoms with Crippen LogP contribution in [-0.4, -0.2) is 36.2 Å². The molecule has 1 unspecified atom stereocenters. The Morgan fingerprint density at radius 3 is 2.56 bits per heavy atom. The number of sulfonamides is 1. The number of carbonyl (C=O) groups is 1. The standard InChI is InChI=1S/C26H23F2N3O3S2/c1-17-9-11-20(12-10-17)36(33,34)31-13-5-8-22(31)25(32)30(16-18-6-3-2-4-7-18)26-29-24-21(28)14-19(27)15-23(24)35-26/h2-4,6-7,9-12,14-15,22H,5,8,13,16H2,1H3. The van der Waals surface area contributed by atoms with Gasteiger partial charge in [0.2, 0.25) is 15.9 Å². The van der Waals surface area contributed by atoms with E-state index < -0.39 is 33.6 Å². The third-order valence-electron chi connectivity index (χ3n) is 6.20. The van der Waals surface area contributed by atoms with Crippen molar-refractivity contribution in [3.63, 3.8) is 0 Å². The van der Waals surface area contributed by atoms with Gasteiger partial charge < -0.3 is 0 Å². The molecule has 1 fully saturated rings. The first-order valence-electron chi connectivity index (χ1n) is 11.4. The molecule has 4 aromatic rings. The summed E-state index contributed by atoms with van der Waals surface area (Å²) in [6.45, 7) is 2.19. The van der Waals surface area contributed by atoms with Gasteiger partial charge in [-0.25, -0.2) is 22.2 Å². The van der Waals surface area contributed by atoms with Crippen molar-refractivity contribution in [2.75, 3.05) is 11.4 Å². The maximum Gasteiger partial charge on any atom is 0.247 e. The summed E-state index contributed by atoms with van der Waals surface area (Å²) in [6.07, 6.45) is 0.878. The van der Waals surface area contributed by atoms with Crippen molar-refractivity contribution in [2.45, 2.75) is 37.2 Å². The zero-order valence-electron chi connectivity index (χ0n) is 19.4. The zero-order valence-corrected chi connectivity index (χ0v) is 21.0. The summed E-state index contributed by atoms with van der Waals surface area (Å²) in [4.78, 5) is 19.8. The number of fused-ring (bicyclic) bond motifs is 1. The summed E-state index contributed by atoms with van der Waals surface area (Å²) >= 11 is 0.993. The first-order valence-corrected chi connectivity index (χ1v) is 13.7. The molecule has 0 aliphatic carbocycles. The largest absolute Gasteiger partial charge is 0.282 e. The molecule has 36 heavy (non-hydrogen) atoms. The van der Waals surface area contributed by atoms with Crippen molar-refractivity contribution in [1.29, 1.82) is 0 Å². The number of benzene rings is 3. The van der Waals surface area contributed by atoms with Gasteiger partial charge in [0.25, 0.3) is 0 Å². The molecule has 0 N–H and O–H groups in total. The molecule has 0 radical (unpaired) electrons. The smallest absolute Gasteiger partial charge is 0.247 e. The van der Waals surface area contributed by atoms with Crippen LogP contribution in [0.2, 0.25) is 0 Å². The molecule has 10 heteroatoms. The number of amides is 1. The fraction of sp³-hybridized carbons (Fsp3) is 0.231. The topological polar surface area (TPSA) is 70.6 Å². The molecule has 1 aromatic heterocycles. The summed E-state index contributed by atoms with van der Waals surface area (Å²) < 4.78 is 56.6. The number of thiazole rings is 1. The average Bonchev–Trinajstić information content (AvgIpc) is 3.51. The minimum absolute atomic E-state index is 0.0298. The molecule has 0 bridgehead atoms. The number of anilines is 1. The monoisotopic (exact) mass is 527 g/mol. The molecule has 186 valence electrons. The van der Waals surface area contributed by atoms with Crippen LogP contribution in [0.1, 0.15) is 24.0 Å². The van der Waals surface area contributed by atoms with Crippen LogP contribution in [0.3, 0.4) is 0 Å². The Morgan fingerprint density at radius 2 is 1.83 bits per heavy atom. The Labute approximate surface area is 211 Å². The number of aryl methyl sites for hydroxylation is 1. The van der Waals surface area contributed by atoms with E-state index in [1.807, 2.05) is 37.3 Å². The van der Waals surface area contributed by atoms with E-state index in [1.54, 1.807) is 12.1 Å². The molecule has 1 aliphatic rings. The minimum Gasteiger partial charge on any atom is -0.282 e. The first-order chi connectivity index (χ1) is 17.2. The van der Waals surface area contributed by atoms with Crippen LogP contribution in [0, 0.1) is 18.6 Å². The molecule has 2 heterocycles. The van der Waals surface area contributed by atoms with E-state index >= 15 is 0 Å². The number of aromatic nitrogens is 1. The van der Waals surface area contributed by atoms with Gasteiger partial charge in [0.15, 0.2) is 10.9 Å². The van der Waals surface area contributed by atoms with Crippen LogP contribution in [0.25, 0.3) is 10.2 Å². The highest BCUT2D eigenvalue weighted by Crippen LogP contribution is 2.35. The Kier molecular flexibility index (Phi) is 6.59. The highest BCUT2D eigenvalue weighted by Gasteiger charge is 2.42. The van der Waals surface area contributed by atoms with E-state index in [-0.39, 0.29) is 33.3 Å². The zero-order chi connectivity index (χ0) is 25.4. The molecule has 5 rings (SSSR count). The Bertz CT molecular complexity index is 1520. The lowest BCUT2D eigenvalue weighted by molar-refractivity contribution is -0.121. The molecule has 0 spiro atoms. The molecule has 0 saturated carbocycles. The number of hydrogen-bond acceptors (Lipinski definition) is 5. The fourth-order valence-electron chi connectivity index (χ4n) is 4.37. The van der Waals surface area contributed by atoms with Crippen LogP contribution >= 0.6 is 11.3 Å². The molecule has 3 aromatic carbocycles. The molecule has 1 saturated heterocycles. The van der Waals surface area contributed by atoms with E-state index in [9.17, 15) is 22.0 Å². The lowest BCUT2D eigenvalue weighted by atomic mass is 10.1. The Morgan fingerprint density at radius 1 is 1.11 bits per heavy atom. The summed E-state index contributed by atoms with van der Waals surface area (Å²) in [6, 6.07) is 16.7. The summed E-state index contributed by atoms with van der Waals surface area (Å²) in [5, 5.41) is 0.183. The molecule has 1 atom stereocenters. The molecule has 1 aliphatic heterocycles. The third kappa shape index (κ3) is 4.63. The lowest BCUT2D eigenvalue weighted by Crippen LogP contribution is -2.47. The van der Waals surface area contributed by atoms with Gasteiger partial charge in [-0.1, -0.05) is 59.4 Å². The van der Waals surface area contributed by atoms with E-state index in [2.05, 4.69) is 4.98 Å². The summed E-state index contributed by atoms with van der Waals surface area (Å²) in [5.74, 6) is -2.00. The van der Waals surface area contributed by atoms with E-state index in [0.29, 0.717) is 12.8 Å². The number of hydrogen-bond donors (Lipinski definition) is 0. The fourth-order valence-corrected chi connectivity index (χ4v) is 7.03. The van der Waals surface area contributed by atoms with Crippen LogP contribution in [-0.2, 0) is 21.4 Å². The second-order valence-corrected chi connectivity index (χ2v) is 11.6. The van der Waals surface area contributed by atoms with Crippen LogP contribution < -0.4 is 4.90 Å². The van der Waals surface area contributed by atoms with Gasteiger partial charge in [-0.15, -0.1) is 0 Å². The van der Waals surface area contributed by atoms with Crippen molar-refractivity contribution < 1.29 is 22.0 Å². The predicted octanol–water partition coefficient (Wildman–Crippen LogP) is 5.27. The number of nitrogens with zero attached hydrogens (tertiary/aromatic N) is 3. The van der Waals surface area contributed by atoms with Crippen LogP contribution in [0.15, 0.2) is 71.6 Å². The second kappa shape index (κ2) is 9.68. The first kappa shape index (κ1) is 24.5. The maximum atomic E-state index is 14.4. The molecule has 6 nitrogen and oxygen atoms in total. The third-order valence-corrected chi connectivity index (χ3v) is 9.15. The Hall–Kier alpha value is -3.21. The normalized spacial score (nSPS) is 16.5. The predicted molar refractivity (Wildman–Crippen MR) is 135 cm³/mol. The SMILES string of the molecule is Cc1ccc(S(=O)(=O)N2CCCC2C(=O)N(Cc2ccccc2)c2nc3c(F)cc(F)cc3s2)cc1. The highest BCUT2D eigenvalue weighted by atomic mass is 32.2. The molecule has 1 amide bonds. The number of rotatable bonds is 6. The second-order valence-electron chi connectivity index (χ2n) is 8.73. The van der Waals surface area contributed by atoms with Crippen molar-refractivity contribution in [1.82, 2.24) is 9.29 Å². The molecular weight excluding hydrogens is 504 g/mol. The van der Waals surface area contributed by atoms with Crippen molar-refractivity contribution >= 4 is 42.6 Å². The van der Waals surface area contributed by atoms with Gasteiger partial charge in [0.05, 0.1) is 16.1 Å². The lowest BCUT2D eigenvalue weighted by Gasteiger charge is -2.28. The van der Waals surface area contributed by atoms with Gasteiger partial charge in [0, 0.05) is 12.6 Å². The average molecular weight is 528 g/mol. The van der Waals surface area contributed by atoms with Crippen LogP contribution in [0.5, 0.6) is 0 Å². The van der Waals surface area contributed by atoms with Gasteiger partial charge in [0.1, 0.15) is 17.4 Å². The van der Waals surface area contributed by atoms with E-state index in [4.69, 9.17) is 0 Å². The van der Waals surface area contributed by atoms with Gasteiger partial charge >= 0.3 is 0 Å². The summed E-state index contributed by atoms with van der Waals surface area (Å²) in [7, 11) is -3.92. The number of carbonyl (C=O) groups excluding carboxylic acids is 1. The van der Waals surface area contributed by atoms with E-state index in [0.717, 1.165) is 28.5 Å². The molecular formula is C26H23F2N3O3S2. The van der Waals surface area contributed by atoms with Gasteiger partial charge in [-0.2, -0.15) is 4.31 Å². The van der Waals surface area contributed by atoms with E-state index in [1.165, 1.54) is 27.4 Å². The quantitative estimate of drug-likeness (QED) is 0.343. The minimum atomic E-state index is -3.92. The number of halogens is 2.